The zero-order valence-electron chi connectivity index (χ0n) is 13.1. The SMILES string of the molecule is N#Cc1cnc(-c2ccccc2)n1Cc1cccc2ccccc12. The van der Waals surface area contributed by atoms with Crippen molar-refractivity contribution >= 4 is 10.8 Å². The Hall–Kier alpha value is -3.38. The number of rotatable bonds is 3. The maximum atomic E-state index is 9.46. The number of fused-ring (bicyclic) bond motifs is 1. The smallest absolute Gasteiger partial charge is 0.141 e. The second-order valence-electron chi connectivity index (χ2n) is 5.67. The summed E-state index contributed by atoms with van der Waals surface area (Å²) in [6.07, 6.45) is 1.65. The van der Waals surface area contributed by atoms with Crippen LogP contribution in [0.15, 0.2) is 79.0 Å². The van der Waals surface area contributed by atoms with Crippen LogP contribution in [0.1, 0.15) is 11.3 Å². The van der Waals surface area contributed by atoms with Crippen LogP contribution in [-0.2, 0) is 6.54 Å². The Labute approximate surface area is 140 Å². The van der Waals surface area contributed by atoms with E-state index in [9.17, 15) is 5.26 Å². The van der Waals surface area contributed by atoms with Crippen LogP contribution in [0.3, 0.4) is 0 Å². The number of hydrogen-bond donors (Lipinski definition) is 0. The molecule has 24 heavy (non-hydrogen) atoms. The highest BCUT2D eigenvalue weighted by Crippen LogP contribution is 2.24. The van der Waals surface area contributed by atoms with Gasteiger partial charge >= 0.3 is 0 Å². The summed E-state index contributed by atoms with van der Waals surface area (Å²) in [6, 6.07) is 26.8. The van der Waals surface area contributed by atoms with Crippen molar-refractivity contribution in [1.29, 1.82) is 5.26 Å². The Morgan fingerprint density at radius 1 is 0.875 bits per heavy atom. The fraction of sp³-hybridized carbons (Fsp3) is 0.0476. The van der Waals surface area contributed by atoms with Gasteiger partial charge < -0.3 is 4.57 Å². The molecular weight excluding hydrogens is 294 g/mol. The molecule has 0 saturated carbocycles. The van der Waals surface area contributed by atoms with E-state index in [4.69, 9.17) is 0 Å². The molecule has 3 heteroatoms. The summed E-state index contributed by atoms with van der Waals surface area (Å²) >= 11 is 0. The molecule has 1 aromatic heterocycles. The lowest BCUT2D eigenvalue weighted by molar-refractivity contribution is 0.800. The summed E-state index contributed by atoms with van der Waals surface area (Å²) in [5.41, 5.74) is 2.76. The number of hydrogen-bond acceptors (Lipinski definition) is 2. The molecule has 0 radical (unpaired) electrons. The predicted octanol–water partition coefficient (Wildman–Crippen LogP) is 4.62. The van der Waals surface area contributed by atoms with Gasteiger partial charge in [-0.3, -0.25) is 0 Å². The monoisotopic (exact) mass is 309 g/mol. The van der Waals surface area contributed by atoms with E-state index < -0.39 is 0 Å². The number of nitrogens with zero attached hydrogens (tertiary/aromatic N) is 3. The van der Waals surface area contributed by atoms with E-state index in [1.54, 1.807) is 6.20 Å². The molecule has 0 fully saturated rings. The summed E-state index contributed by atoms with van der Waals surface area (Å²) in [5, 5.41) is 11.9. The summed E-state index contributed by atoms with van der Waals surface area (Å²) < 4.78 is 1.98. The first-order chi connectivity index (χ1) is 11.9. The predicted molar refractivity (Wildman–Crippen MR) is 95.4 cm³/mol. The molecule has 0 spiro atoms. The largest absolute Gasteiger partial charge is 0.311 e. The van der Waals surface area contributed by atoms with Gasteiger partial charge in [-0.25, -0.2) is 4.98 Å². The van der Waals surface area contributed by atoms with Gasteiger partial charge in [-0.15, -0.1) is 0 Å². The molecular formula is C21H15N3. The summed E-state index contributed by atoms with van der Waals surface area (Å²) in [5.74, 6) is 0.820. The fourth-order valence-corrected chi connectivity index (χ4v) is 3.04. The van der Waals surface area contributed by atoms with E-state index in [0.717, 1.165) is 11.4 Å². The minimum absolute atomic E-state index is 0.571. The van der Waals surface area contributed by atoms with Crippen molar-refractivity contribution in [3.8, 4) is 17.5 Å². The number of benzene rings is 3. The average Bonchev–Trinajstić information content (AvgIpc) is 3.05. The fourth-order valence-electron chi connectivity index (χ4n) is 3.04. The highest BCUT2D eigenvalue weighted by atomic mass is 15.1. The topological polar surface area (TPSA) is 41.6 Å². The second kappa shape index (κ2) is 6.02. The third kappa shape index (κ3) is 2.45. The molecule has 4 rings (SSSR count). The van der Waals surface area contributed by atoms with Crippen molar-refractivity contribution in [1.82, 2.24) is 9.55 Å². The van der Waals surface area contributed by atoms with Crippen LogP contribution in [0, 0.1) is 11.3 Å². The molecule has 0 unspecified atom stereocenters. The van der Waals surface area contributed by atoms with Gasteiger partial charge in [0.2, 0.25) is 0 Å². The van der Waals surface area contributed by atoms with Crippen molar-refractivity contribution in [2.75, 3.05) is 0 Å². The van der Waals surface area contributed by atoms with Gasteiger partial charge in [0.15, 0.2) is 0 Å². The van der Waals surface area contributed by atoms with E-state index >= 15 is 0 Å². The molecule has 4 aromatic rings. The number of aromatic nitrogens is 2. The lowest BCUT2D eigenvalue weighted by atomic mass is 10.0. The lowest BCUT2D eigenvalue weighted by Gasteiger charge is -2.12. The summed E-state index contributed by atoms with van der Waals surface area (Å²) in [6.45, 7) is 0.620. The Morgan fingerprint density at radius 3 is 2.46 bits per heavy atom. The quantitative estimate of drug-likeness (QED) is 0.554. The van der Waals surface area contributed by atoms with Crippen LogP contribution in [-0.4, -0.2) is 9.55 Å². The maximum Gasteiger partial charge on any atom is 0.141 e. The maximum absolute atomic E-state index is 9.46. The van der Waals surface area contributed by atoms with Crippen LogP contribution in [0.2, 0.25) is 0 Å². The van der Waals surface area contributed by atoms with Crippen LogP contribution >= 0.6 is 0 Å². The van der Waals surface area contributed by atoms with E-state index in [1.807, 2.05) is 47.0 Å². The van der Waals surface area contributed by atoms with Crippen LogP contribution < -0.4 is 0 Å². The van der Waals surface area contributed by atoms with Gasteiger partial charge in [-0.2, -0.15) is 5.26 Å². The molecule has 3 aromatic carbocycles. The van der Waals surface area contributed by atoms with Gasteiger partial charge in [-0.05, 0) is 16.3 Å². The molecule has 0 amide bonds. The number of imidazole rings is 1. The van der Waals surface area contributed by atoms with Crippen LogP contribution in [0.25, 0.3) is 22.2 Å². The molecule has 3 nitrogen and oxygen atoms in total. The summed E-state index contributed by atoms with van der Waals surface area (Å²) in [7, 11) is 0. The van der Waals surface area contributed by atoms with Crippen molar-refractivity contribution in [2.45, 2.75) is 6.54 Å². The molecule has 0 aliphatic carbocycles. The Bertz CT molecular complexity index is 1030. The molecule has 0 bridgehead atoms. The first kappa shape index (κ1) is 14.2. The van der Waals surface area contributed by atoms with Crippen LogP contribution in [0.4, 0.5) is 0 Å². The summed E-state index contributed by atoms with van der Waals surface area (Å²) in [4.78, 5) is 4.47. The standard InChI is InChI=1S/C21H15N3/c22-13-19-14-23-21(17-8-2-1-3-9-17)24(19)15-18-11-6-10-16-7-4-5-12-20(16)18/h1-12,14H,15H2. The van der Waals surface area contributed by atoms with Gasteiger partial charge in [0.1, 0.15) is 17.6 Å². The zero-order chi connectivity index (χ0) is 16.4. The lowest BCUT2D eigenvalue weighted by Crippen LogP contribution is -2.05. The molecule has 114 valence electrons. The van der Waals surface area contributed by atoms with Gasteiger partial charge in [0, 0.05) is 5.56 Å². The van der Waals surface area contributed by atoms with Crippen molar-refractivity contribution < 1.29 is 0 Å². The molecule has 0 atom stereocenters. The third-order valence-electron chi connectivity index (χ3n) is 4.21. The third-order valence-corrected chi connectivity index (χ3v) is 4.21. The minimum atomic E-state index is 0.571. The highest BCUT2D eigenvalue weighted by Gasteiger charge is 2.13. The second-order valence-corrected chi connectivity index (χ2v) is 5.67. The first-order valence-corrected chi connectivity index (χ1v) is 7.84. The normalized spacial score (nSPS) is 10.6. The zero-order valence-corrected chi connectivity index (χ0v) is 13.1. The Balaban J connectivity index is 1.85. The Kier molecular flexibility index (Phi) is 3.57. The first-order valence-electron chi connectivity index (χ1n) is 7.84. The molecule has 0 aliphatic heterocycles. The van der Waals surface area contributed by atoms with Crippen molar-refractivity contribution in [3.63, 3.8) is 0 Å². The van der Waals surface area contributed by atoms with E-state index in [1.165, 1.54) is 16.3 Å². The minimum Gasteiger partial charge on any atom is -0.311 e. The Morgan fingerprint density at radius 2 is 1.62 bits per heavy atom. The number of nitriles is 1. The van der Waals surface area contributed by atoms with Gasteiger partial charge in [0.05, 0.1) is 12.7 Å². The van der Waals surface area contributed by atoms with Gasteiger partial charge in [0.25, 0.3) is 0 Å². The van der Waals surface area contributed by atoms with E-state index in [0.29, 0.717) is 12.2 Å². The van der Waals surface area contributed by atoms with Crippen molar-refractivity contribution in [3.05, 3.63) is 90.3 Å². The van der Waals surface area contributed by atoms with Crippen LogP contribution in [0.5, 0.6) is 0 Å². The molecule has 1 heterocycles. The van der Waals surface area contributed by atoms with Crippen molar-refractivity contribution in [2.24, 2.45) is 0 Å². The highest BCUT2D eigenvalue weighted by molar-refractivity contribution is 5.85. The molecule has 0 aliphatic rings. The average molecular weight is 309 g/mol. The molecule has 0 N–H and O–H groups in total. The van der Waals surface area contributed by atoms with E-state index in [2.05, 4.69) is 41.4 Å². The van der Waals surface area contributed by atoms with E-state index in [-0.39, 0.29) is 0 Å². The van der Waals surface area contributed by atoms with Gasteiger partial charge in [-0.1, -0.05) is 72.8 Å². The molecule has 0 saturated heterocycles.